The van der Waals surface area contributed by atoms with E-state index in [-0.39, 0.29) is 11.3 Å². The molecule has 3 aromatic rings. The third-order valence-corrected chi connectivity index (χ3v) is 6.46. The lowest BCUT2D eigenvalue weighted by Gasteiger charge is -2.38. The predicted octanol–water partition coefficient (Wildman–Crippen LogP) is 3.57. The smallest absolute Gasteiger partial charge is 0.253 e. The SMILES string of the molecule is CC1CC2(CCN(C(=O)c3ccc(NNOc4cccc5nccnc45)cc3)CC2)CO1. The van der Waals surface area contributed by atoms with Gasteiger partial charge in [-0.15, -0.1) is 0 Å². The lowest BCUT2D eigenvalue weighted by Crippen LogP contribution is -2.43. The molecule has 2 aromatic carbocycles. The molecule has 8 nitrogen and oxygen atoms in total. The third-order valence-electron chi connectivity index (χ3n) is 6.46. The van der Waals surface area contributed by atoms with Gasteiger partial charge in [-0.2, -0.15) is 0 Å². The highest BCUT2D eigenvalue weighted by atomic mass is 16.7. The van der Waals surface area contributed by atoms with E-state index >= 15 is 0 Å². The van der Waals surface area contributed by atoms with Crippen molar-refractivity contribution in [1.82, 2.24) is 20.5 Å². The molecule has 1 unspecified atom stereocenters. The maximum Gasteiger partial charge on any atom is 0.253 e. The van der Waals surface area contributed by atoms with Gasteiger partial charge in [-0.3, -0.25) is 15.2 Å². The number of amides is 1. The zero-order valence-electron chi connectivity index (χ0n) is 18.1. The number of anilines is 1. The summed E-state index contributed by atoms with van der Waals surface area (Å²) < 4.78 is 5.79. The fourth-order valence-corrected chi connectivity index (χ4v) is 4.65. The second-order valence-electron chi connectivity index (χ2n) is 8.70. The first kappa shape index (κ1) is 20.7. The molecule has 32 heavy (non-hydrogen) atoms. The first-order chi connectivity index (χ1) is 15.6. The van der Waals surface area contributed by atoms with E-state index in [2.05, 4.69) is 27.9 Å². The van der Waals surface area contributed by atoms with Crippen molar-refractivity contribution < 1.29 is 14.4 Å². The molecule has 1 amide bonds. The maximum absolute atomic E-state index is 12.9. The Morgan fingerprint density at radius 2 is 1.91 bits per heavy atom. The molecule has 0 aliphatic carbocycles. The summed E-state index contributed by atoms with van der Waals surface area (Å²) >= 11 is 0. The zero-order valence-corrected chi connectivity index (χ0v) is 18.1. The van der Waals surface area contributed by atoms with E-state index in [1.165, 1.54) is 0 Å². The van der Waals surface area contributed by atoms with E-state index in [9.17, 15) is 4.79 Å². The number of carbonyl (C=O) groups is 1. The van der Waals surface area contributed by atoms with Crippen LogP contribution in [0.25, 0.3) is 11.0 Å². The van der Waals surface area contributed by atoms with Crippen molar-refractivity contribution >= 4 is 22.6 Å². The van der Waals surface area contributed by atoms with Crippen LogP contribution in [0.1, 0.15) is 36.5 Å². The summed E-state index contributed by atoms with van der Waals surface area (Å²) in [5.41, 5.74) is 8.88. The van der Waals surface area contributed by atoms with Crippen molar-refractivity contribution in [1.29, 1.82) is 0 Å². The zero-order chi connectivity index (χ0) is 22.0. The Morgan fingerprint density at radius 1 is 1.12 bits per heavy atom. The number of ether oxygens (including phenoxy) is 1. The van der Waals surface area contributed by atoms with Gasteiger partial charge in [0.2, 0.25) is 0 Å². The summed E-state index contributed by atoms with van der Waals surface area (Å²) in [5, 5.41) is 0. The van der Waals surface area contributed by atoms with Crippen LogP contribution >= 0.6 is 0 Å². The number of hydrogen-bond donors (Lipinski definition) is 2. The minimum atomic E-state index is 0.0805. The molecule has 1 aromatic heterocycles. The number of hydrogen-bond acceptors (Lipinski definition) is 7. The Hall–Kier alpha value is -3.23. The van der Waals surface area contributed by atoms with Crippen LogP contribution in [-0.4, -0.2) is 46.6 Å². The first-order valence-corrected chi connectivity index (χ1v) is 11.0. The van der Waals surface area contributed by atoms with Crippen molar-refractivity contribution in [2.45, 2.75) is 32.3 Å². The molecule has 8 heteroatoms. The monoisotopic (exact) mass is 433 g/mol. The molecule has 0 saturated carbocycles. The van der Waals surface area contributed by atoms with Gasteiger partial charge in [0.1, 0.15) is 5.52 Å². The van der Waals surface area contributed by atoms with E-state index in [4.69, 9.17) is 9.57 Å². The fourth-order valence-electron chi connectivity index (χ4n) is 4.65. The molecular formula is C24H27N5O3. The lowest BCUT2D eigenvalue weighted by molar-refractivity contribution is 0.0507. The van der Waals surface area contributed by atoms with Crippen molar-refractivity contribution in [3.8, 4) is 5.75 Å². The first-order valence-electron chi connectivity index (χ1n) is 11.0. The van der Waals surface area contributed by atoms with Gasteiger partial charge in [-0.1, -0.05) is 11.7 Å². The topological polar surface area (TPSA) is 88.6 Å². The Bertz CT molecular complexity index is 1090. The average Bonchev–Trinajstić information content (AvgIpc) is 3.19. The van der Waals surface area contributed by atoms with Crippen LogP contribution in [0.2, 0.25) is 0 Å². The van der Waals surface area contributed by atoms with Crippen LogP contribution in [0.4, 0.5) is 5.69 Å². The standard InChI is InChI=1S/C24H27N5O3/c1-17-15-24(16-31-17)9-13-29(14-10-24)23(30)18-5-7-19(8-6-18)27-28-32-21-4-2-3-20-22(21)26-12-11-25-20/h2-8,11-12,17,27-28H,9-10,13-16H2,1H3. The number of hydrazine groups is 1. The fraction of sp³-hybridized carbons (Fsp3) is 0.375. The second kappa shape index (κ2) is 8.72. The molecule has 5 rings (SSSR count). The molecule has 0 bridgehead atoms. The summed E-state index contributed by atoms with van der Waals surface area (Å²) in [5.74, 6) is 0.650. The molecule has 2 fully saturated rings. The summed E-state index contributed by atoms with van der Waals surface area (Å²) in [7, 11) is 0. The molecule has 3 heterocycles. The number of likely N-dealkylation sites (tertiary alicyclic amines) is 1. The van der Waals surface area contributed by atoms with E-state index in [0.29, 0.717) is 22.9 Å². The van der Waals surface area contributed by atoms with Gasteiger partial charge in [0.25, 0.3) is 5.91 Å². The van der Waals surface area contributed by atoms with Gasteiger partial charge < -0.3 is 14.5 Å². The van der Waals surface area contributed by atoms with Crippen LogP contribution < -0.4 is 15.9 Å². The van der Waals surface area contributed by atoms with Crippen molar-refractivity contribution in [3.05, 3.63) is 60.4 Å². The van der Waals surface area contributed by atoms with Gasteiger partial charge in [0.05, 0.1) is 23.9 Å². The number of piperidine rings is 1. The van der Waals surface area contributed by atoms with Crippen molar-refractivity contribution in [2.24, 2.45) is 5.41 Å². The molecule has 2 N–H and O–H groups in total. The molecule has 1 atom stereocenters. The van der Waals surface area contributed by atoms with Crippen molar-refractivity contribution in [2.75, 3.05) is 25.1 Å². The van der Waals surface area contributed by atoms with Gasteiger partial charge >= 0.3 is 0 Å². The normalized spacial score (nSPS) is 19.9. The molecule has 0 radical (unpaired) electrons. The van der Waals surface area contributed by atoms with Crippen LogP contribution in [0.3, 0.4) is 0 Å². The number of aromatic nitrogens is 2. The van der Waals surface area contributed by atoms with Gasteiger partial charge in [-0.25, -0.2) is 4.98 Å². The molecule has 166 valence electrons. The molecule has 2 aliphatic heterocycles. The Kier molecular flexibility index (Phi) is 5.63. The number of nitrogens with zero attached hydrogens (tertiary/aromatic N) is 3. The predicted molar refractivity (Wildman–Crippen MR) is 121 cm³/mol. The Labute approximate surface area is 186 Å². The average molecular weight is 434 g/mol. The van der Waals surface area contributed by atoms with E-state index < -0.39 is 0 Å². The number of para-hydroxylation sites is 1. The minimum Gasteiger partial charge on any atom is -0.387 e. The summed E-state index contributed by atoms with van der Waals surface area (Å²) in [4.78, 5) is 29.1. The maximum atomic E-state index is 12.9. The molecule has 1 spiro atoms. The van der Waals surface area contributed by atoms with Gasteiger partial charge in [0, 0.05) is 31.0 Å². The number of nitrogens with one attached hydrogen (secondary N) is 2. The largest absolute Gasteiger partial charge is 0.387 e. The highest BCUT2D eigenvalue weighted by Gasteiger charge is 2.41. The van der Waals surface area contributed by atoms with Gasteiger partial charge in [-0.05, 0) is 68.0 Å². The molecular weight excluding hydrogens is 406 g/mol. The molecule has 2 saturated heterocycles. The number of carbonyl (C=O) groups excluding carboxylic acids is 1. The Balaban J connectivity index is 1.14. The third kappa shape index (κ3) is 4.24. The summed E-state index contributed by atoms with van der Waals surface area (Å²) in [6, 6.07) is 12.9. The highest BCUT2D eigenvalue weighted by Crippen LogP contribution is 2.42. The number of rotatable bonds is 5. The second-order valence-corrected chi connectivity index (χ2v) is 8.70. The Morgan fingerprint density at radius 3 is 2.66 bits per heavy atom. The highest BCUT2D eigenvalue weighted by molar-refractivity contribution is 5.94. The number of benzene rings is 2. The quantitative estimate of drug-likeness (QED) is 0.595. The number of fused-ring (bicyclic) bond motifs is 1. The van der Waals surface area contributed by atoms with Crippen LogP contribution in [-0.2, 0) is 4.74 Å². The van der Waals surface area contributed by atoms with Crippen molar-refractivity contribution in [3.63, 3.8) is 0 Å². The van der Waals surface area contributed by atoms with Gasteiger partial charge in [0.15, 0.2) is 5.75 Å². The van der Waals surface area contributed by atoms with Crippen LogP contribution in [0.5, 0.6) is 5.75 Å². The van der Waals surface area contributed by atoms with Crippen LogP contribution in [0.15, 0.2) is 54.9 Å². The van der Waals surface area contributed by atoms with E-state index in [1.807, 2.05) is 47.4 Å². The summed E-state index contributed by atoms with van der Waals surface area (Å²) in [6.45, 7) is 4.55. The minimum absolute atomic E-state index is 0.0805. The van der Waals surface area contributed by atoms with Crippen LogP contribution in [0, 0.1) is 5.41 Å². The summed E-state index contributed by atoms with van der Waals surface area (Å²) in [6.07, 6.45) is 6.75. The molecule has 2 aliphatic rings. The van der Waals surface area contributed by atoms with E-state index in [1.54, 1.807) is 12.4 Å². The van der Waals surface area contributed by atoms with E-state index in [0.717, 1.165) is 50.2 Å². The lowest BCUT2D eigenvalue weighted by atomic mass is 9.77.